The summed E-state index contributed by atoms with van der Waals surface area (Å²) in [6, 6.07) is 5.61. The van der Waals surface area contributed by atoms with Gasteiger partial charge in [-0.3, -0.25) is 0 Å². The predicted octanol–water partition coefficient (Wildman–Crippen LogP) is 2.28. The molecule has 0 aliphatic carbocycles. The highest BCUT2D eigenvalue weighted by molar-refractivity contribution is 5.62. The molecule has 112 valence electrons. The number of methoxy groups -OCH3 is 1. The number of benzene rings is 1. The molecule has 3 rings (SSSR count). The van der Waals surface area contributed by atoms with Crippen LogP contribution in [0.3, 0.4) is 0 Å². The number of anilines is 1. The van der Waals surface area contributed by atoms with E-state index in [1.807, 2.05) is 25.1 Å². The minimum absolute atomic E-state index is 0.491. The highest BCUT2D eigenvalue weighted by Gasteiger charge is 2.39. The van der Waals surface area contributed by atoms with Crippen LogP contribution in [0.1, 0.15) is 24.2 Å². The molecular weight excluding hydrogens is 270 g/mol. The van der Waals surface area contributed by atoms with Crippen LogP contribution in [-0.2, 0) is 15.1 Å². The standard InChI is InChI=1S/C15H19N3O3/c1-10-9-11(16)3-4-12(10)13-17-14(18-21-13)15(19-2)5-7-20-8-6-15/h3-4,9H,5-8,16H2,1-2H3. The summed E-state index contributed by atoms with van der Waals surface area (Å²) >= 11 is 0. The lowest BCUT2D eigenvalue weighted by Gasteiger charge is -2.32. The highest BCUT2D eigenvalue weighted by atomic mass is 16.5. The maximum absolute atomic E-state index is 5.77. The zero-order valence-electron chi connectivity index (χ0n) is 12.3. The molecular formula is C15H19N3O3. The van der Waals surface area contributed by atoms with Crippen LogP contribution in [0.15, 0.2) is 22.7 Å². The van der Waals surface area contributed by atoms with Gasteiger partial charge >= 0.3 is 0 Å². The van der Waals surface area contributed by atoms with Crippen molar-refractivity contribution in [2.45, 2.75) is 25.4 Å². The van der Waals surface area contributed by atoms with Gasteiger partial charge < -0.3 is 19.7 Å². The summed E-state index contributed by atoms with van der Waals surface area (Å²) in [6.07, 6.45) is 1.45. The molecule has 1 fully saturated rings. The molecule has 0 atom stereocenters. The van der Waals surface area contributed by atoms with Crippen molar-refractivity contribution in [1.82, 2.24) is 10.1 Å². The Bertz CT molecular complexity index is 633. The summed E-state index contributed by atoms with van der Waals surface area (Å²) in [5.74, 6) is 1.07. The number of rotatable bonds is 3. The number of nitrogens with zero attached hydrogens (tertiary/aromatic N) is 2. The number of nitrogen functional groups attached to an aromatic ring is 1. The summed E-state index contributed by atoms with van der Waals surface area (Å²) in [7, 11) is 1.68. The summed E-state index contributed by atoms with van der Waals surface area (Å²) in [4.78, 5) is 4.54. The molecule has 1 aromatic carbocycles. The van der Waals surface area contributed by atoms with E-state index in [-0.39, 0.29) is 0 Å². The Kier molecular flexibility index (Phi) is 3.65. The molecule has 2 N–H and O–H groups in total. The summed E-state index contributed by atoms with van der Waals surface area (Å²) < 4.78 is 16.5. The van der Waals surface area contributed by atoms with Gasteiger partial charge in [0.15, 0.2) is 0 Å². The zero-order valence-corrected chi connectivity index (χ0v) is 12.3. The van der Waals surface area contributed by atoms with Crippen LogP contribution in [0.5, 0.6) is 0 Å². The number of ether oxygens (including phenoxy) is 2. The van der Waals surface area contributed by atoms with Crippen LogP contribution in [0, 0.1) is 6.92 Å². The Morgan fingerprint density at radius 3 is 2.71 bits per heavy atom. The van der Waals surface area contributed by atoms with E-state index >= 15 is 0 Å². The van der Waals surface area contributed by atoms with Gasteiger partial charge in [0.1, 0.15) is 5.60 Å². The molecule has 2 aromatic rings. The van der Waals surface area contributed by atoms with Crippen LogP contribution in [0.2, 0.25) is 0 Å². The predicted molar refractivity (Wildman–Crippen MR) is 77.6 cm³/mol. The molecule has 1 aliphatic heterocycles. The van der Waals surface area contributed by atoms with Crippen LogP contribution < -0.4 is 5.73 Å². The first-order chi connectivity index (χ1) is 10.1. The molecule has 0 amide bonds. The topological polar surface area (TPSA) is 83.4 Å². The second kappa shape index (κ2) is 5.46. The molecule has 1 aliphatic rings. The van der Waals surface area contributed by atoms with E-state index in [1.54, 1.807) is 7.11 Å². The molecule has 1 saturated heterocycles. The van der Waals surface area contributed by atoms with Gasteiger partial charge in [-0.25, -0.2) is 0 Å². The highest BCUT2D eigenvalue weighted by Crippen LogP contribution is 2.35. The monoisotopic (exact) mass is 289 g/mol. The fourth-order valence-electron chi connectivity index (χ4n) is 2.66. The fourth-order valence-corrected chi connectivity index (χ4v) is 2.66. The third-order valence-electron chi connectivity index (χ3n) is 4.01. The Morgan fingerprint density at radius 2 is 2.05 bits per heavy atom. The first-order valence-electron chi connectivity index (χ1n) is 6.98. The Labute approximate surface area is 123 Å². The smallest absolute Gasteiger partial charge is 0.258 e. The minimum Gasteiger partial charge on any atom is -0.399 e. The molecule has 2 heterocycles. The van der Waals surface area contributed by atoms with Crippen molar-refractivity contribution < 1.29 is 14.0 Å². The van der Waals surface area contributed by atoms with E-state index in [0.717, 1.165) is 24.0 Å². The van der Waals surface area contributed by atoms with Crippen molar-refractivity contribution in [2.24, 2.45) is 0 Å². The second-order valence-electron chi connectivity index (χ2n) is 5.31. The number of nitrogens with two attached hydrogens (primary N) is 1. The van der Waals surface area contributed by atoms with Crippen LogP contribution >= 0.6 is 0 Å². The van der Waals surface area contributed by atoms with Crippen LogP contribution in [0.4, 0.5) is 5.69 Å². The average Bonchev–Trinajstić information content (AvgIpc) is 2.98. The number of aromatic nitrogens is 2. The van der Waals surface area contributed by atoms with E-state index in [0.29, 0.717) is 30.6 Å². The van der Waals surface area contributed by atoms with E-state index < -0.39 is 5.60 Å². The van der Waals surface area contributed by atoms with Crippen LogP contribution in [-0.4, -0.2) is 30.5 Å². The third-order valence-corrected chi connectivity index (χ3v) is 4.01. The maximum atomic E-state index is 5.77. The first-order valence-corrected chi connectivity index (χ1v) is 6.98. The quantitative estimate of drug-likeness (QED) is 0.873. The molecule has 6 nitrogen and oxygen atoms in total. The first kappa shape index (κ1) is 14.0. The van der Waals surface area contributed by atoms with E-state index in [9.17, 15) is 0 Å². The Morgan fingerprint density at radius 1 is 1.29 bits per heavy atom. The lowest BCUT2D eigenvalue weighted by molar-refractivity contribution is -0.101. The van der Waals surface area contributed by atoms with Crippen LogP contribution in [0.25, 0.3) is 11.5 Å². The molecule has 0 radical (unpaired) electrons. The average molecular weight is 289 g/mol. The van der Waals surface area contributed by atoms with E-state index in [1.165, 1.54) is 0 Å². The number of aryl methyl sites for hydroxylation is 1. The van der Waals surface area contributed by atoms with Gasteiger partial charge in [0.2, 0.25) is 5.82 Å². The summed E-state index contributed by atoms with van der Waals surface area (Å²) in [6.45, 7) is 3.24. The molecule has 0 saturated carbocycles. The SMILES string of the molecule is COC1(c2noc(-c3ccc(N)cc3C)n2)CCOCC1. The molecule has 21 heavy (non-hydrogen) atoms. The normalized spacial score (nSPS) is 17.8. The van der Waals surface area contributed by atoms with Gasteiger partial charge in [0, 0.05) is 44.4 Å². The zero-order chi connectivity index (χ0) is 14.9. The maximum Gasteiger partial charge on any atom is 0.258 e. The lowest BCUT2D eigenvalue weighted by Crippen LogP contribution is -2.36. The number of hydrogen-bond donors (Lipinski definition) is 1. The molecule has 0 unspecified atom stereocenters. The fraction of sp³-hybridized carbons (Fsp3) is 0.467. The molecule has 0 spiro atoms. The van der Waals surface area contributed by atoms with Gasteiger partial charge in [-0.05, 0) is 30.7 Å². The minimum atomic E-state index is -0.512. The lowest BCUT2D eigenvalue weighted by atomic mass is 9.93. The van der Waals surface area contributed by atoms with Gasteiger partial charge in [-0.2, -0.15) is 4.98 Å². The Balaban J connectivity index is 1.95. The van der Waals surface area contributed by atoms with Crippen molar-refractivity contribution in [3.63, 3.8) is 0 Å². The van der Waals surface area contributed by atoms with E-state index in [4.69, 9.17) is 19.7 Å². The van der Waals surface area contributed by atoms with Crippen molar-refractivity contribution in [2.75, 3.05) is 26.1 Å². The van der Waals surface area contributed by atoms with Crippen molar-refractivity contribution in [1.29, 1.82) is 0 Å². The molecule has 0 bridgehead atoms. The second-order valence-corrected chi connectivity index (χ2v) is 5.31. The van der Waals surface area contributed by atoms with Gasteiger partial charge in [-0.1, -0.05) is 5.16 Å². The van der Waals surface area contributed by atoms with Gasteiger partial charge in [0.05, 0.1) is 0 Å². The van der Waals surface area contributed by atoms with E-state index in [2.05, 4.69) is 10.1 Å². The Hall–Kier alpha value is -1.92. The van der Waals surface area contributed by atoms with Gasteiger partial charge in [-0.15, -0.1) is 0 Å². The number of hydrogen-bond acceptors (Lipinski definition) is 6. The van der Waals surface area contributed by atoms with Crippen molar-refractivity contribution in [3.05, 3.63) is 29.6 Å². The molecule has 1 aromatic heterocycles. The summed E-state index contributed by atoms with van der Waals surface area (Å²) in [5.41, 5.74) is 7.87. The summed E-state index contributed by atoms with van der Waals surface area (Å²) in [5, 5.41) is 4.12. The largest absolute Gasteiger partial charge is 0.399 e. The molecule has 6 heteroatoms. The van der Waals surface area contributed by atoms with Gasteiger partial charge in [0.25, 0.3) is 5.89 Å². The van der Waals surface area contributed by atoms with Crippen molar-refractivity contribution >= 4 is 5.69 Å². The van der Waals surface area contributed by atoms with Crippen molar-refractivity contribution in [3.8, 4) is 11.5 Å². The third kappa shape index (κ3) is 2.52.